The maximum atomic E-state index is 13.5. The maximum absolute atomic E-state index is 13.5. The first-order chi connectivity index (χ1) is 9.65. The van der Waals surface area contributed by atoms with Gasteiger partial charge >= 0.3 is 0 Å². The van der Waals surface area contributed by atoms with Gasteiger partial charge in [0.2, 0.25) is 0 Å². The predicted molar refractivity (Wildman–Crippen MR) is 74.3 cm³/mol. The lowest BCUT2D eigenvalue weighted by Crippen LogP contribution is -2.23. The summed E-state index contributed by atoms with van der Waals surface area (Å²) in [6.45, 7) is 0.781. The van der Waals surface area contributed by atoms with E-state index in [0.717, 1.165) is 0 Å². The summed E-state index contributed by atoms with van der Waals surface area (Å²) in [5.41, 5.74) is 1.78. The Bertz CT molecular complexity index is 571. The minimum absolute atomic E-state index is 0.244. The van der Waals surface area contributed by atoms with Crippen molar-refractivity contribution in [1.82, 2.24) is 0 Å². The number of aliphatic imine (C=N–C) groups is 1. The van der Waals surface area contributed by atoms with Crippen molar-refractivity contribution in [2.45, 2.75) is 25.1 Å². The summed E-state index contributed by atoms with van der Waals surface area (Å²) in [4.78, 5) is 5.90. The van der Waals surface area contributed by atoms with Crippen molar-refractivity contribution in [2.24, 2.45) is 4.99 Å². The van der Waals surface area contributed by atoms with Gasteiger partial charge in [-0.2, -0.15) is 0 Å². The van der Waals surface area contributed by atoms with Gasteiger partial charge < -0.3 is 10.0 Å². The third-order valence-electron chi connectivity index (χ3n) is 3.75. The number of rotatable bonds is 3. The summed E-state index contributed by atoms with van der Waals surface area (Å²) in [5, 5.41) is 10.4. The Labute approximate surface area is 116 Å². The summed E-state index contributed by atoms with van der Waals surface area (Å²) in [6, 6.07) is 4.23. The molecule has 1 saturated heterocycles. The zero-order valence-corrected chi connectivity index (χ0v) is 11.0. The van der Waals surface area contributed by atoms with E-state index in [2.05, 4.69) is 4.99 Å². The molecule has 3 rings (SSSR count). The molecule has 1 N–H and O–H groups in total. The fraction of sp³-hybridized carbons (Fsp3) is 0.400. The van der Waals surface area contributed by atoms with Crippen LogP contribution in [-0.2, 0) is 0 Å². The van der Waals surface area contributed by atoms with Gasteiger partial charge in [0.15, 0.2) is 0 Å². The smallest absolute Gasteiger partial charge is 0.125 e. The molecule has 0 radical (unpaired) electrons. The minimum Gasteiger partial charge on any atom is -0.382 e. The Morgan fingerprint density at radius 3 is 2.90 bits per heavy atom. The van der Waals surface area contributed by atoms with E-state index in [0.29, 0.717) is 36.3 Å². The number of nitrogens with zero attached hydrogens (tertiary/aromatic N) is 2. The molecule has 2 atom stereocenters. The Morgan fingerprint density at radius 1 is 1.40 bits per heavy atom. The molecule has 0 bridgehead atoms. The van der Waals surface area contributed by atoms with Crippen LogP contribution in [0.3, 0.4) is 0 Å². The lowest BCUT2D eigenvalue weighted by atomic mass is 10.0. The van der Waals surface area contributed by atoms with Crippen molar-refractivity contribution in [3.8, 4) is 0 Å². The highest BCUT2D eigenvalue weighted by Gasteiger charge is 2.27. The van der Waals surface area contributed by atoms with E-state index < -0.39 is 12.3 Å². The Hall–Kier alpha value is -1.75. The molecule has 0 saturated carbocycles. The molecule has 0 aliphatic carbocycles. The highest BCUT2D eigenvalue weighted by molar-refractivity contribution is 5.93. The zero-order chi connectivity index (χ0) is 14.1. The summed E-state index contributed by atoms with van der Waals surface area (Å²) in [7, 11) is 0. The van der Waals surface area contributed by atoms with Crippen molar-refractivity contribution >= 4 is 11.4 Å². The van der Waals surface area contributed by atoms with Gasteiger partial charge in [-0.05, 0) is 18.6 Å². The fourth-order valence-electron chi connectivity index (χ4n) is 2.69. The molecule has 3 nitrogen and oxygen atoms in total. The van der Waals surface area contributed by atoms with Crippen LogP contribution in [-0.4, -0.2) is 30.1 Å². The molecular weight excluding hydrogens is 262 g/mol. The monoisotopic (exact) mass is 278 g/mol. The number of alkyl halides is 1. The van der Waals surface area contributed by atoms with E-state index >= 15 is 0 Å². The standard InChI is InChI=1S/C15H16F2N2O/c16-10-3-4-12(15(20)13-2-1-6-18-13)14(8-10)19-7-5-11(17)9-19/h1,3-4,6,8,11,15,20H,2,5,7,9H2/t11-,15?/m1/s1. The number of aliphatic hydroxyl groups is 1. The normalized spacial score (nSPS) is 23.2. The molecule has 20 heavy (non-hydrogen) atoms. The second-order valence-corrected chi connectivity index (χ2v) is 5.15. The minimum atomic E-state index is -0.895. The zero-order valence-electron chi connectivity index (χ0n) is 11.0. The number of halogens is 2. The third kappa shape index (κ3) is 2.45. The van der Waals surface area contributed by atoms with E-state index in [-0.39, 0.29) is 12.4 Å². The first kappa shape index (κ1) is 13.2. The molecule has 1 fully saturated rings. The third-order valence-corrected chi connectivity index (χ3v) is 3.75. The first-order valence-electron chi connectivity index (χ1n) is 6.73. The number of aliphatic hydroxyl groups excluding tert-OH is 1. The second kappa shape index (κ2) is 5.32. The molecule has 0 spiro atoms. The van der Waals surface area contributed by atoms with Crippen LogP contribution in [0.4, 0.5) is 14.5 Å². The number of benzene rings is 1. The fourth-order valence-corrected chi connectivity index (χ4v) is 2.69. The molecule has 5 heteroatoms. The van der Waals surface area contributed by atoms with Gasteiger partial charge in [0.25, 0.3) is 0 Å². The highest BCUT2D eigenvalue weighted by Crippen LogP contribution is 2.32. The van der Waals surface area contributed by atoms with Gasteiger partial charge in [0, 0.05) is 37.0 Å². The quantitative estimate of drug-likeness (QED) is 0.923. The van der Waals surface area contributed by atoms with Gasteiger partial charge in [0.05, 0.1) is 5.71 Å². The van der Waals surface area contributed by atoms with Crippen LogP contribution in [0, 0.1) is 5.82 Å². The maximum Gasteiger partial charge on any atom is 0.125 e. The molecule has 0 amide bonds. The summed E-state index contributed by atoms with van der Waals surface area (Å²) in [6.07, 6.45) is 2.76. The van der Waals surface area contributed by atoms with Crippen molar-refractivity contribution in [3.63, 3.8) is 0 Å². The van der Waals surface area contributed by atoms with E-state index in [9.17, 15) is 13.9 Å². The van der Waals surface area contributed by atoms with Gasteiger partial charge in [-0.15, -0.1) is 0 Å². The number of hydrogen-bond donors (Lipinski definition) is 1. The highest BCUT2D eigenvalue weighted by atomic mass is 19.1. The van der Waals surface area contributed by atoms with E-state index in [4.69, 9.17) is 0 Å². The van der Waals surface area contributed by atoms with Crippen LogP contribution < -0.4 is 4.90 Å². The van der Waals surface area contributed by atoms with Crippen molar-refractivity contribution in [3.05, 3.63) is 41.9 Å². The average Bonchev–Trinajstić information content (AvgIpc) is 3.09. The van der Waals surface area contributed by atoms with Gasteiger partial charge in [-0.1, -0.05) is 12.1 Å². The SMILES string of the molecule is OC(C1=NC=CC1)c1ccc(F)cc1N1CC[C@@H](F)C1. The van der Waals surface area contributed by atoms with Crippen LogP contribution in [0.5, 0.6) is 0 Å². The molecule has 1 unspecified atom stereocenters. The lowest BCUT2D eigenvalue weighted by Gasteiger charge is -2.24. The molecule has 2 aliphatic rings. The molecular formula is C15H16F2N2O. The lowest BCUT2D eigenvalue weighted by molar-refractivity contribution is 0.246. The molecule has 106 valence electrons. The Balaban J connectivity index is 1.93. The van der Waals surface area contributed by atoms with Crippen molar-refractivity contribution in [1.29, 1.82) is 0 Å². The second-order valence-electron chi connectivity index (χ2n) is 5.15. The molecule has 2 aliphatic heterocycles. The van der Waals surface area contributed by atoms with Crippen LogP contribution >= 0.6 is 0 Å². The summed E-state index contributed by atoms with van der Waals surface area (Å²) >= 11 is 0. The van der Waals surface area contributed by atoms with E-state index in [1.807, 2.05) is 6.08 Å². The van der Waals surface area contributed by atoms with Crippen LogP contribution in [0.2, 0.25) is 0 Å². The van der Waals surface area contributed by atoms with Gasteiger partial charge in [-0.3, -0.25) is 4.99 Å². The number of allylic oxidation sites excluding steroid dienone is 1. The summed E-state index contributed by atoms with van der Waals surface area (Å²) in [5.74, 6) is -0.384. The summed E-state index contributed by atoms with van der Waals surface area (Å²) < 4.78 is 26.9. The largest absolute Gasteiger partial charge is 0.382 e. The predicted octanol–water partition coefficient (Wildman–Crippen LogP) is 2.77. The molecule has 2 heterocycles. The van der Waals surface area contributed by atoms with Gasteiger partial charge in [-0.25, -0.2) is 8.78 Å². The van der Waals surface area contributed by atoms with Crippen LogP contribution in [0.1, 0.15) is 24.5 Å². The first-order valence-corrected chi connectivity index (χ1v) is 6.73. The molecule has 1 aromatic carbocycles. The van der Waals surface area contributed by atoms with Crippen molar-refractivity contribution in [2.75, 3.05) is 18.0 Å². The topological polar surface area (TPSA) is 35.8 Å². The molecule has 1 aromatic rings. The van der Waals surface area contributed by atoms with Gasteiger partial charge in [0.1, 0.15) is 18.1 Å². The van der Waals surface area contributed by atoms with Crippen LogP contribution in [0.25, 0.3) is 0 Å². The number of hydrogen-bond acceptors (Lipinski definition) is 3. The molecule has 0 aromatic heterocycles. The van der Waals surface area contributed by atoms with E-state index in [1.54, 1.807) is 17.2 Å². The Morgan fingerprint density at radius 2 is 2.25 bits per heavy atom. The van der Waals surface area contributed by atoms with Crippen molar-refractivity contribution < 1.29 is 13.9 Å². The average molecular weight is 278 g/mol. The van der Waals surface area contributed by atoms with Crippen LogP contribution in [0.15, 0.2) is 35.5 Å². The Kier molecular flexibility index (Phi) is 3.53. The van der Waals surface area contributed by atoms with E-state index in [1.165, 1.54) is 12.1 Å². The number of anilines is 1.